The highest BCUT2D eigenvalue weighted by molar-refractivity contribution is 7.26. The minimum Gasteiger partial charge on any atom is -0.309 e. The van der Waals surface area contributed by atoms with Crippen LogP contribution in [0.2, 0.25) is 0 Å². The highest BCUT2D eigenvalue weighted by Crippen LogP contribution is 2.50. The number of pyridine rings is 1. The SMILES string of the molecule is c1ccc(-c2nc3ccccc3c3c2cc(N(c2ccccc2)c2ccc4ccccc4c2)c2sc4ccccc4c23)cc1. The van der Waals surface area contributed by atoms with Gasteiger partial charge in [-0.3, -0.25) is 0 Å². The predicted octanol–water partition coefficient (Wildman–Crippen LogP) is 12.0. The summed E-state index contributed by atoms with van der Waals surface area (Å²) in [6.45, 7) is 0. The Bertz CT molecular complexity index is 2500. The van der Waals surface area contributed by atoms with Crippen molar-refractivity contribution in [1.29, 1.82) is 0 Å². The van der Waals surface area contributed by atoms with E-state index in [1.54, 1.807) is 0 Å². The molecule has 9 rings (SSSR count). The summed E-state index contributed by atoms with van der Waals surface area (Å²) >= 11 is 1.87. The zero-order chi connectivity index (χ0) is 29.0. The molecule has 2 nitrogen and oxygen atoms in total. The van der Waals surface area contributed by atoms with Gasteiger partial charge in [-0.05, 0) is 53.2 Å². The van der Waals surface area contributed by atoms with E-state index in [1.807, 2.05) is 11.3 Å². The smallest absolute Gasteiger partial charge is 0.0789 e. The second-order valence-electron chi connectivity index (χ2n) is 11.2. The molecule has 0 unspecified atom stereocenters. The lowest BCUT2D eigenvalue weighted by atomic mass is 9.95. The van der Waals surface area contributed by atoms with Gasteiger partial charge in [0.05, 0.1) is 21.6 Å². The maximum absolute atomic E-state index is 5.32. The lowest BCUT2D eigenvalue weighted by Gasteiger charge is -2.27. The highest BCUT2D eigenvalue weighted by atomic mass is 32.1. The van der Waals surface area contributed by atoms with E-state index in [0.717, 1.165) is 39.2 Å². The molecule has 0 spiro atoms. The maximum atomic E-state index is 5.32. The summed E-state index contributed by atoms with van der Waals surface area (Å²) in [6.07, 6.45) is 0. The molecular formula is C41H26N2S. The molecule has 206 valence electrons. The number of anilines is 3. The number of hydrogen-bond donors (Lipinski definition) is 0. The van der Waals surface area contributed by atoms with Crippen LogP contribution >= 0.6 is 11.3 Å². The monoisotopic (exact) mass is 578 g/mol. The Morgan fingerprint density at radius 1 is 0.477 bits per heavy atom. The van der Waals surface area contributed by atoms with Crippen molar-refractivity contribution in [2.45, 2.75) is 0 Å². The van der Waals surface area contributed by atoms with Crippen molar-refractivity contribution < 1.29 is 0 Å². The van der Waals surface area contributed by atoms with Gasteiger partial charge in [-0.2, -0.15) is 0 Å². The van der Waals surface area contributed by atoms with Crippen molar-refractivity contribution in [2.24, 2.45) is 0 Å². The van der Waals surface area contributed by atoms with Crippen LogP contribution in [0.25, 0.3) is 63.9 Å². The fraction of sp³-hybridized carbons (Fsp3) is 0. The van der Waals surface area contributed by atoms with E-state index < -0.39 is 0 Å². The molecule has 0 saturated carbocycles. The van der Waals surface area contributed by atoms with Gasteiger partial charge in [-0.1, -0.05) is 115 Å². The molecule has 2 heterocycles. The molecular weight excluding hydrogens is 553 g/mol. The first kappa shape index (κ1) is 25.0. The molecule has 0 aliphatic rings. The number of hydrogen-bond acceptors (Lipinski definition) is 3. The lowest BCUT2D eigenvalue weighted by Crippen LogP contribution is -2.10. The van der Waals surface area contributed by atoms with Crippen molar-refractivity contribution in [3.8, 4) is 11.3 Å². The topological polar surface area (TPSA) is 16.1 Å². The lowest BCUT2D eigenvalue weighted by molar-refractivity contribution is 1.31. The van der Waals surface area contributed by atoms with Crippen LogP contribution in [0.4, 0.5) is 17.1 Å². The summed E-state index contributed by atoms with van der Waals surface area (Å²) < 4.78 is 2.55. The molecule has 7 aromatic carbocycles. The molecule has 0 amide bonds. The largest absolute Gasteiger partial charge is 0.309 e. The fourth-order valence-corrected chi connectivity index (χ4v) is 7.83. The molecule has 2 aromatic heterocycles. The average molecular weight is 579 g/mol. The fourth-order valence-electron chi connectivity index (χ4n) is 6.62. The van der Waals surface area contributed by atoms with Crippen LogP contribution in [-0.2, 0) is 0 Å². The van der Waals surface area contributed by atoms with Gasteiger partial charge in [0.25, 0.3) is 0 Å². The molecule has 0 radical (unpaired) electrons. The molecule has 9 aromatic rings. The number of thiophene rings is 1. The third-order valence-electron chi connectivity index (χ3n) is 8.58. The number of aromatic nitrogens is 1. The third kappa shape index (κ3) is 3.90. The number of nitrogens with zero attached hydrogens (tertiary/aromatic N) is 2. The Labute approximate surface area is 259 Å². The first-order valence-electron chi connectivity index (χ1n) is 14.9. The first-order valence-corrected chi connectivity index (χ1v) is 15.7. The number of rotatable bonds is 4. The van der Waals surface area contributed by atoms with Crippen LogP contribution in [0.15, 0.2) is 158 Å². The normalized spacial score (nSPS) is 11.6. The second kappa shape index (κ2) is 10.0. The second-order valence-corrected chi connectivity index (χ2v) is 12.2. The van der Waals surface area contributed by atoms with E-state index >= 15 is 0 Å². The zero-order valence-electron chi connectivity index (χ0n) is 23.8. The zero-order valence-corrected chi connectivity index (χ0v) is 24.6. The first-order chi connectivity index (χ1) is 21.8. The van der Waals surface area contributed by atoms with Gasteiger partial charge in [0, 0.05) is 48.6 Å². The predicted molar refractivity (Wildman–Crippen MR) is 190 cm³/mol. The minimum atomic E-state index is 1.00. The number of benzene rings is 7. The van der Waals surface area contributed by atoms with Crippen LogP contribution in [0.5, 0.6) is 0 Å². The standard InChI is InChI=1S/C41H26N2S/c1-3-14-28(15-4-1)40-34-26-36(43(30-17-5-2-6-18-30)31-24-23-27-13-7-8-16-29(27)25-31)41-39(33-20-10-12-22-37(33)44-41)38(34)32-19-9-11-21-35(32)42-40/h1-26H. The summed E-state index contributed by atoms with van der Waals surface area (Å²) in [7, 11) is 0. The van der Waals surface area contributed by atoms with Crippen molar-refractivity contribution in [1.82, 2.24) is 4.98 Å². The van der Waals surface area contributed by atoms with Crippen molar-refractivity contribution in [3.63, 3.8) is 0 Å². The van der Waals surface area contributed by atoms with Gasteiger partial charge in [-0.15, -0.1) is 11.3 Å². The van der Waals surface area contributed by atoms with Crippen molar-refractivity contribution in [2.75, 3.05) is 4.90 Å². The highest BCUT2D eigenvalue weighted by Gasteiger charge is 2.23. The van der Waals surface area contributed by atoms with Gasteiger partial charge >= 0.3 is 0 Å². The molecule has 0 saturated heterocycles. The Morgan fingerprint density at radius 2 is 1.16 bits per heavy atom. The van der Waals surface area contributed by atoms with Gasteiger partial charge in [0.2, 0.25) is 0 Å². The molecule has 0 fully saturated rings. The van der Waals surface area contributed by atoms with Gasteiger partial charge in [0.1, 0.15) is 0 Å². The van der Waals surface area contributed by atoms with Crippen molar-refractivity contribution >= 4 is 81.0 Å². The van der Waals surface area contributed by atoms with Crippen LogP contribution in [-0.4, -0.2) is 4.98 Å². The van der Waals surface area contributed by atoms with Gasteiger partial charge in [0.15, 0.2) is 0 Å². The molecule has 44 heavy (non-hydrogen) atoms. The van der Waals surface area contributed by atoms with Crippen LogP contribution in [0.3, 0.4) is 0 Å². The summed E-state index contributed by atoms with van der Waals surface area (Å²) in [5.41, 5.74) is 6.54. The summed E-state index contributed by atoms with van der Waals surface area (Å²) in [6, 6.07) is 56.5. The number of fused-ring (bicyclic) bond motifs is 8. The summed E-state index contributed by atoms with van der Waals surface area (Å²) in [4.78, 5) is 7.74. The summed E-state index contributed by atoms with van der Waals surface area (Å²) in [5.74, 6) is 0. The van der Waals surface area contributed by atoms with E-state index in [1.165, 1.54) is 41.7 Å². The van der Waals surface area contributed by atoms with E-state index in [9.17, 15) is 0 Å². The molecule has 0 bridgehead atoms. The van der Waals surface area contributed by atoms with Crippen LogP contribution < -0.4 is 4.90 Å². The molecule has 0 atom stereocenters. The molecule has 0 aliphatic heterocycles. The Kier molecular flexibility index (Phi) is 5.71. The minimum absolute atomic E-state index is 1.00. The average Bonchev–Trinajstić information content (AvgIpc) is 3.49. The quantitative estimate of drug-likeness (QED) is 0.193. The molecule has 3 heteroatoms. The Morgan fingerprint density at radius 3 is 2.00 bits per heavy atom. The Balaban J connectivity index is 1.49. The third-order valence-corrected chi connectivity index (χ3v) is 9.78. The van der Waals surface area contributed by atoms with Crippen molar-refractivity contribution in [3.05, 3.63) is 158 Å². The molecule has 0 N–H and O–H groups in total. The molecule has 0 aliphatic carbocycles. The Hall–Kier alpha value is -5.51. The van der Waals surface area contributed by atoms with Crippen LogP contribution in [0.1, 0.15) is 0 Å². The van der Waals surface area contributed by atoms with Crippen LogP contribution in [0, 0.1) is 0 Å². The maximum Gasteiger partial charge on any atom is 0.0789 e. The van der Waals surface area contributed by atoms with E-state index in [2.05, 4.69) is 163 Å². The van der Waals surface area contributed by atoms with E-state index in [0.29, 0.717) is 0 Å². The van der Waals surface area contributed by atoms with E-state index in [4.69, 9.17) is 4.98 Å². The number of para-hydroxylation sites is 2. The van der Waals surface area contributed by atoms with Gasteiger partial charge < -0.3 is 4.90 Å². The summed E-state index contributed by atoms with van der Waals surface area (Å²) in [5, 5.41) is 8.62. The van der Waals surface area contributed by atoms with E-state index in [-0.39, 0.29) is 0 Å². The van der Waals surface area contributed by atoms with Gasteiger partial charge in [-0.25, -0.2) is 4.98 Å².